The van der Waals surface area contributed by atoms with Gasteiger partial charge in [0.05, 0.1) is 28.6 Å². The molecule has 1 aromatic carbocycles. The summed E-state index contributed by atoms with van der Waals surface area (Å²) in [7, 11) is 0. The number of amides is 1. The van der Waals surface area contributed by atoms with E-state index < -0.39 is 4.92 Å². The zero-order valence-electron chi connectivity index (χ0n) is 12.5. The molecule has 1 aromatic heterocycles. The van der Waals surface area contributed by atoms with Gasteiger partial charge < -0.3 is 9.64 Å². The van der Waals surface area contributed by atoms with Crippen molar-refractivity contribution < 1.29 is 14.5 Å². The molecule has 0 radical (unpaired) electrons. The van der Waals surface area contributed by atoms with Gasteiger partial charge in [-0.25, -0.2) is 0 Å². The molecule has 0 spiro atoms. The third kappa shape index (κ3) is 3.25. The number of ether oxygens (including phenoxy) is 1. The maximum atomic E-state index is 12.8. The van der Waals surface area contributed by atoms with Gasteiger partial charge in [-0.3, -0.25) is 14.9 Å². The summed E-state index contributed by atoms with van der Waals surface area (Å²) in [6.45, 7) is 2.80. The predicted octanol–water partition coefficient (Wildman–Crippen LogP) is 3.26. The van der Waals surface area contributed by atoms with Crippen LogP contribution in [0.5, 0.6) is 0 Å². The van der Waals surface area contributed by atoms with Gasteiger partial charge in [-0.1, -0.05) is 41.7 Å². The molecule has 2 unspecified atom stereocenters. The Hall–Kier alpha value is -2.25. The number of hydrogen-bond donors (Lipinski definition) is 0. The van der Waals surface area contributed by atoms with Crippen LogP contribution in [0.3, 0.4) is 0 Å². The molecule has 120 valence electrons. The van der Waals surface area contributed by atoms with Crippen molar-refractivity contribution in [2.75, 3.05) is 13.2 Å². The van der Waals surface area contributed by atoms with Crippen LogP contribution >= 0.6 is 11.3 Å². The third-order valence-corrected chi connectivity index (χ3v) is 4.82. The number of hydrogen-bond acceptors (Lipinski definition) is 5. The molecule has 3 rings (SSSR count). The van der Waals surface area contributed by atoms with Gasteiger partial charge in [0.25, 0.3) is 5.91 Å². The summed E-state index contributed by atoms with van der Waals surface area (Å²) >= 11 is 0.910. The number of rotatable bonds is 3. The minimum absolute atomic E-state index is 0.0223. The highest BCUT2D eigenvalue weighted by Gasteiger charge is 2.33. The summed E-state index contributed by atoms with van der Waals surface area (Å²) < 4.78 is 5.71. The minimum atomic E-state index is -0.474. The Balaban J connectivity index is 1.89. The molecule has 1 amide bonds. The molecule has 1 fully saturated rings. The molecule has 7 heteroatoms. The average molecular weight is 332 g/mol. The van der Waals surface area contributed by atoms with E-state index in [9.17, 15) is 14.9 Å². The summed E-state index contributed by atoms with van der Waals surface area (Å²) in [5, 5.41) is 10.8. The van der Waals surface area contributed by atoms with Crippen molar-refractivity contribution >= 4 is 22.2 Å². The van der Waals surface area contributed by atoms with Crippen LogP contribution in [-0.2, 0) is 4.74 Å². The first-order valence-electron chi connectivity index (χ1n) is 7.28. The Bertz CT molecular complexity index is 716. The molecule has 2 atom stereocenters. The van der Waals surface area contributed by atoms with Gasteiger partial charge in [-0.2, -0.15) is 0 Å². The summed E-state index contributed by atoms with van der Waals surface area (Å²) in [6, 6.07) is 12.4. The van der Waals surface area contributed by atoms with Crippen LogP contribution in [0.15, 0.2) is 42.5 Å². The number of nitro groups is 1. The van der Waals surface area contributed by atoms with Crippen LogP contribution in [0.4, 0.5) is 5.00 Å². The molecule has 0 bridgehead atoms. The van der Waals surface area contributed by atoms with Gasteiger partial charge in [0.15, 0.2) is 0 Å². The Kier molecular flexibility index (Phi) is 4.40. The van der Waals surface area contributed by atoms with Crippen LogP contribution in [0.25, 0.3) is 0 Å². The Morgan fingerprint density at radius 3 is 2.70 bits per heavy atom. The fraction of sp³-hybridized carbons (Fsp3) is 0.312. The average Bonchev–Trinajstić information content (AvgIpc) is 3.05. The van der Waals surface area contributed by atoms with Crippen LogP contribution in [-0.4, -0.2) is 35.0 Å². The maximum Gasteiger partial charge on any atom is 0.324 e. The summed E-state index contributed by atoms with van der Waals surface area (Å²) in [6.07, 6.45) is -0.0612. The number of nitrogens with zero attached hydrogens (tertiary/aromatic N) is 2. The summed E-state index contributed by atoms with van der Waals surface area (Å²) in [4.78, 5) is 25.3. The first-order valence-corrected chi connectivity index (χ1v) is 8.09. The maximum absolute atomic E-state index is 12.8. The molecule has 2 aromatic rings. The molecule has 1 saturated heterocycles. The smallest absolute Gasteiger partial charge is 0.324 e. The summed E-state index contributed by atoms with van der Waals surface area (Å²) in [5.41, 5.74) is 0.999. The molecule has 2 heterocycles. The van der Waals surface area contributed by atoms with Gasteiger partial charge in [0, 0.05) is 12.6 Å². The van der Waals surface area contributed by atoms with E-state index in [1.807, 2.05) is 37.3 Å². The fourth-order valence-corrected chi connectivity index (χ4v) is 3.44. The first-order chi connectivity index (χ1) is 11.1. The van der Waals surface area contributed by atoms with Gasteiger partial charge in [-0.05, 0) is 18.6 Å². The van der Waals surface area contributed by atoms with E-state index in [1.165, 1.54) is 12.1 Å². The van der Waals surface area contributed by atoms with E-state index in [1.54, 1.807) is 4.90 Å². The molecular weight excluding hydrogens is 316 g/mol. The van der Waals surface area contributed by atoms with E-state index in [0.29, 0.717) is 18.0 Å². The minimum Gasteiger partial charge on any atom is -0.374 e. The Labute approximate surface area is 137 Å². The standard InChI is InChI=1S/C16H16N2O4S/c1-11-9-17(13(10-22-11)12-5-3-2-4-6-12)16(19)14-7-8-15(23-14)18(20)21/h2-8,11,13H,9-10H2,1H3. The molecule has 1 aliphatic heterocycles. The lowest BCUT2D eigenvalue weighted by atomic mass is 10.0. The van der Waals surface area contributed by atoms with Crippen molar-refractivity contribution in [1.29, 1.82) is 0 Å². The molecule has 0 N–H and O–H groups in total. The molecule has 23 heavy (non-hydrogen) atoms. The van der Waals surface area contributed by atoms with Crippen LogP contribution in [0.2, 0.25) is 0 Å². The Morgan fingerprint density at radius 2 is 2.04 bits per heavy atom. The highest BCUT2D eigenvalue weighted by atomic mass is 32.1. The molecule has 0 aliphatic carbocycles. The van der Waals surface area contributed by atoms with Gasteiger partial charge >= 0.3 is 5.00 Å². The number of morpholine rings is 1. The number of benzene rings is 1. The zero-order chi connectivity index (χ0) is 16.4. The zero-order valence-corrected chi connectivity index (χ0v) is 13.4. The van der Waals surface area contributed by atoms with E-state index >= 15 is 0 Å². The lowest BCUT2D eigenvalue weighted by Gasteiger charge is -2.38. The van der Waals surface area contributed by atoms with Crippen LogP contribution in [0.1, 0.15) is 28.2 Å². The largest absolute Gasteiger partial charge is 0.374 e. The highest BCUT2D eigenvalue weighted by molar-refractivity contribution is 7.17. The first kappa shape index (κ1) is 15.6. The lowest BCUT2D eigenvalue weighted by Crippen LogP contribution is -2.46. The second-order valence-electron chi connectivity index (χ2n) is 5.42. The van der Waals surface area contributed by atoms with Crippen molar-refractivity contribution in [3.05, 3.63) is 63.0 Å². The van der Waals surface area contributed by atoms with Gasteiger partial charge in [0.2, 0.25) is 0 Å². The SMILES string of the molecule is CC1CN(C(=O)c2ccc([N+](=O)[O-])s2)C(c2ccccc2)CO1. The second kappa shape index (κ2) is 6.47. The molecule has 1 aliphatic rings. The highest BCUT2D eigenvalue weighted by Crippen LogP contribution is 2.31. The van der Waals surface area contributed by atoms with Crippen molar-refractivity contribution in [2.45, 2.75) is 19.1 Å². The Morgan fingerprint density at radius 1 is 1.30 bits per heavy atom. The van der Waals surface area contributed by atoms with Crippen molar-refractivity contribution in [3.63, 3.8) is 0 Å². The van der Waals surface area contributed by atoms with E-state index in [2.05, 4.69) is 0 Å². The fourth-order valence-electron chi connectivity index (χ4n) is 2.66. The third-order valence-electron chi connectivity index (χ3n) is 3.80. The quantitative estimate of drug-likeness (QED) is 0.639. The number of thiophene rings is 1. The van der Waals surface area contributed by atoms with E-state index in [4.69, 9.17) is 4.74 Å². The van der Waals surface area contributed by atoms with Crippen LogP contribution < -0.4 is 0 Å². The van der Waals surface area contributed by atoms with Crippen molar-refractivity contribution in [3.8, 4) is 0 Å². The molecular formula is C16H16N2O4S. The second-order valence-corrected chi connectivity index (χ2v) is 6.49. The molecule has 0 saturated carbocycles. The van der Waals surface area contributed by atoms with Crippen molar-refractivity contribution in [1.82, 2.24) is 4.90 Å². The monoisotopic (exact) mass is 332 g/mol. The van der Waals surface area contributed by atoms with Gasteiger partial charge in [-0.15, -0.1) is 0 Å². The number of carbonyl (C=O) groups excluding carboxylic acids is 1. The molecule has 6 nitrogen and oxygen atoms in total. The predicted molar refractivity (Wildman–Crippen MR) is 86.6 cm³/mol. The normalized spacial score (nSPS) is 21.2. The van der Waals surface area contributed by atoms with E-state index in [0.717, 1.165) is 16.9 Å². The summed E-state index contributed by atoms with van der Waals surface area (Å²) in [5.74, 6) is -0.188. The number of carbonyl (C=O) groups is 1. The topological polar surface area (TPSA) is 72.7 Å². The lowest BCUT2D eigenvalue weighted by molar-refractivity contribution is -0.380. The van der Waals surface area contributed by atoms with Crippen molar-refractivity contribution in [2.24, 2.45) is 0 Å². The van der Waals surface area contributed by atoms with Gasteiger partial charge in [0.1, 0.15) is 0 Å². The van der Waals surface area contributed by atoms with E-state index in [-0.39, 0.29) is 23.1 Å². The van der Waals surface area contributed by atoms with Crippen LogP contribution in [0, 0.1) is 10.1 Å².